The smallest absolute Gasteiger partial charge is 0.387 e. The zero-order valence-electron chi connectivity index (χ0n) is 21.8. The minimum Gasteiger partial charge on any atom is -0.387 e. The van der Waals surface area contributed by atoms with Crippen molar-refractivity contribution in [1.82, 2.24) is 19.7 Å². The molecule has 0 aliphatic carbocycles. The Morgan fingerprint density at radius 3 is 2.40 bits per heavy atom. The number of alkyl halides is 6. The number of carbonyl (C=O) groups is 1. The number of aliphatic hydroxyl groups is 2. The van der Waals surface area contributed by atoms with Crippen LogP contribution in [0.25, 0.3) is 11.3 Å². The molecule has 0 saturated carbocycles. The lowest BCUT2D eigenvalue weighted by Crippen LogP contribution is -2.52. The predicted molar refractivity (Wildman–Crippen MR) is 134 cm³/mol. The van der Waals surface area contributed by atoms with Gasteiger partial charge in [0.05, 0.1) is 35.1 Å². The van der Waals surface area contributed by atoms with Gasteiger partial charge in [-0.25, -0.2) is 9.97 Å². The van der Waals surface area contributed by atoms with E-state index in [4.69, 9.17) is 0 Å². The number of hydrogen-bond donors (Lipinski definition) is 3. The second-order valence-electron chi connectivity index (χ2n) is 9.71. The van der Waals surface area contributed by atoms with Crippen molar-refractivity contribution in [2.24, 2.45) is 0 Å². The first-order valence-electron chi connectivity index (χ1n) is 11.9. The molecule has 9 nitrogen and oxygen atoms in total. The van der Waals surface area contributed by atoms with Crippen LogP contribution >= 0.6 is 0 Å². The SMILES string of the molecule is CNc1cc(N2CCC(O)(C(C)(C)O)C2)cnc1C(F)(F)F.O=Cc1cccc(-c2cnn(CC(F)(F)F)c2)n1. The first kappa shape index (κ1) is 30.8. The summed E-state index contributed by atoms with van der Waals surface area (Å²) in [6, 6.07) is 6.07. The van der Waals surface area contributed by atoms with Crippen LogP contribution in [0.4, 0.5) is 37.7 Å². The summed E-state index contributed by atoms with van der Waals surface area (Å²) >= 11 is 0. The number of aromatic nitrogens is 4. The van der Waals surface area contributed by atoms with Crippen molar-refractivity contribution in [2.75, 3.05) is 30.4 Å². The Bertz CT molecular complexity index is 1320. The largest absolute Gasteiger partial charge is 0.435 e. The molecule has 4 rings (SSSR count). The average Bonchev–Trinajstić information content (AvgIpc) is 3.50. The molecule has 0 aromatic carbocycles. The number of halogens is 6. The second-order valence-corrected chi connectivity index (χ2v) is 9.71. The Kier molecular flexibility index (Phi) is 8.79. The second kappa shape index (κ2) is 11.4. The van der Waals surface area contributed by atoms with Crippen LogP contribution in [0.1, 0.15) is 36.5 Å². The topological polar surface area (TPSA) is 116 Å². The summed E-state index contributed by atoms with van der Waals surface area (Å²) in [5.41, 5.74) is -2.17. The number of aldehydes is 1. The third kappa shape index (κ3) is 7.47. The lowest BCUT2D eigenvalue weighted by Gasteiger charge is -2.35. The molecule has 0 bridgehead atoms. The van der Waals surface area contributed by atoms with E-state index in [1.807, 2.05) is 0 Å². The van der Waals surface area contributed by atoms with Crippen molar-refractivity contribution in [2.45, 2.75) is 50.4 Å². The van der Waals surface area contributed by atoms with Gasteiger partial charge in [0.15, 0.2) is 12.0 Å². The standard InChI is InChI=1S/C14H20F3N3O2.C11H8F3N3O/c1-12(2,21)13(22)4-5-20(8-13)9-6-10(18-3)11(19-7-9)14(15,16)17;12-11(13,14)7-17-5-8(4-15-17)10-3-1-2-9(6-18)16-10/h6-7,18,21-22H,4-5,8H2,1-3H3;1-6H,7H2. The van der Waals surface area contributed by atoms with Gasteiger partial charge in [0, 0.05) is 31.9 Å². The summed E-state index contributed by atoms with van der Waals surface area (Å²) < 4.78 is 75.7. The quantitative estimate of drug-likeness (QED) is 0.297. The first-order valence-corrected chi connectivity index (χ1v) is 11.9. The van der Waals surface area contributed by atoms with E-state index in [0.29, 0.717) is 36.2 Å². The summed E-state index contributed by atoms with van der Waals surface area (Å²) in [6.07, 6.45) is -4.29. The molecule has 218 valence electrons. The molecule has 4 heterocycles. The van der Waals surface area contributed by atoms with Crippen LogP contribution in [0.3, 0.4) is 0 Å². The molecule has 1 aliphatic heterocycles. The van der Waals surface area contributed by atoms with Crippen molar-refractivity contribution in [3.8, 4) is 11.3 Å². The number of nitrogens with one attached hydrogen (secondary N) is 1. The highest BCUT2D eigenvalue weighted by Crippen LogP contribution is 2.38. The molecular formula is C25H28F6N6O3. The van der Waals surface area contributed by atoms with E-state index < -0.39 is 35.8 Å². The van der Waals surface area contributed by atoms with Crippen molar-refractivity contribution < 1.29 is 41.4 Å². The minimum absolute atomic E-state index is 0.122. The van der Waals surface area contributed by atoms with Crippen molar-refractivity contribution >= 4 is 17.7 Å². The number of nitrogens with zero attached hydrogens (tertiary/aromatic N) is 5. The molecular weight excluding hydrogens is 546 g/mol. The van der Waals surface area contributed by atoms with E-state index in [-0.39, 0.29) is 17.9 Å². The summed E-state index contributed by atoms with van der Waals surface area (Å²) in [6.45, 7) is 2.44. The van der Waals surface area contributed by atoms with E-state index >= 15 is 0 Å². The van der Waals surface area contributed by atoms with Gasteiger partial charge in [0.2, 0.25) is 0 Å². The number of anilines is 2. The summed E-state index contributed by atoms with van der Waals surface area (Å²) in [4.78, 5) is 19.7. The van der Waals surface area contributed by atoms with Gasteiger partial charge in [0.25, 0.3) is 0 Å². The summed E-state index contributed by atoms with van der Waals surface area (Å²) in [5, 5.41) is 26.6. The molecule has 1 saturated heterocycles. The van der Waals surface area contributed by atoms with Crippen molar-refractivity contribution in [3.63, 3.8) is 0 Å². The minimum atomic E-state index is -4.53. The fraction of sp³-hybridized carbons (Fsp3) is 0.440. The molecule has 3 N–H and O–H groups in total. The maximum absolute atomic E-state index is 12.8. The van der Waals surface area contributed by atoms with Crippen LogP contribution in [-0.4, -0.2) is 73.8 Å². The number of carbonyl (C=O) groups excluding carboxylic acids is 1. The molecule has 0 radical (unpaired) electrons. The van der Waals surface area contributed by atoms with Gasteiger partial charge < -0.3 is 20.4 Å². The van der Waals surface area contributed by atoms with Gasteiger partial charge in [0.1, 0.15) is 17.8 Å². The third-order valence-electron chi connectivity index (χ3n) is 6.32. The first-order chi connectivity index (χ1) is 18.5. The highest BCUT2D eigenvalue weighted by Gasteiger charge is 2.47. The fourth-order valence-corrected chi connectivity index (χ4v) is 4.00. The zero-order chi connectivity index (χ0) is 29.9. The van der Waals surface area contributed by atoms with E-state index in [1.165, 1.54) is 45.4 Å². The Balaban J connectivity index is 0.000000225. The van der Waals surface area contributed by atoms with Crippen LogP contribution in [0, 0.1) is 0 Å². The van der Waals surface area contributed by atoms with E-state index in [2.05, 4.69) is 20.4 Å². The van der Waals surface area contributed by atoms with Gasteiger partial charge in [-0.05, 0) is 38.5 Å². The number of β-amino-alcohol motifs (C(OH)–C–C–N with tert-alkyl or cyclic N) is 1. The molecule has 1 unspecified atom stereocenters. The van der Waals surface area contributed by atoms with Gasteiger partial charge in [-0.1, -0.05) is 6.07 Å². The molecule has 1 atom stereocenters. The van der Waals surface area contributed by atoms with E-state index in [9.17, 15) is 41.4 Å². The Hall–Kier alpha value is -3.72. The monoisotopic (exact) mass is 574 g/mol. The molecule has 1 aliphatic rings. The van der Waals surface area contributed by atoms with Gasteiger partial charge in [-0.2, -0.15) is 31.4 Å². The molecule has 3 aromatic rings. The highest BCUT2D eigenvalue weighted by molar-refractivity contribution is 5.73. The Morgan fingerprint density at radius 1 is 1.15 bits per heavy atom. The average molecular weight is 575 g/mol. The number of rotatable bonds is 6. The maximum Gasteiger partial charge on any atom is 0.435 e. The van der Waals surface area contributed by atoms with E-state index in [1.54, 1.807) is 17.0 Å². The van der Waals surface area contributed by atoms with Crippen LogP contribution in [-0.2, 0) is 12.7 Å². The molecule has 15 heteroatoms. The summed E-state index contributed by atoms with van der Waals surface area (Å²) in [5.74, 6) is 0. The molecule has 0 amide bonds. The molecule has 3 aromatic heterocycles. The highest BCUT2D eigenvalue weighted by atomic mass is 19.4. The van der Waals surface area contributed by atoms with Gasteiger partial charge in [-0.15, -0.1) is 0 Å². The molecule has 40 heavy (non-hydrogen) atoms. The maximum atomic E-state index is 12.8. The molecule has 0 spiro atoms. The van der Waals surface area contributed by atoms with Crippen LogP contribution in [0.5, 0.6) is 0 Å². The fourth-order valence-electron chi connectivity index (χ4n) is 4.00. The lowest BCUT2D eigenvalue weighted by atomic mass is 9.85. The van der Waals surface area contributed by atoms with E-state index in [0.717, 1.165) is 10.9 Å². The van der Waals surface area contributed by atoms with Crippen molar-refractivity contribution in [3.05, 3.63) is 54.2 Å². The predicted octanol–water partition coefficient (Wildman–Crippen LogP) is 4.17. The lowest BCUT2D eigenvalue weighted by molar-refractivity contribution is -0.142. The Morgan fingerprint density at radius 2 is 1.85 bits per heavy atom. The Labute approximate surface area is 225 Å². The zero-order valence-corrected chi connectivity index (χ0v) is 21.8. The van der Waals surface area contributed by atoms with Crippen LogP contribution < -0.4 is 10.2 Å². The van der Waals surface area contributed by atoms with Crippen molar-refractivity contribution in [1.29, 1.82) is 0 Å². The van der Waals surface area contributed by atoms with Gasteiger partial charge >= 0.3 is 12.4 Å². The molecule has 1 fully saturated rings. The number of hydrogen-bond acceptors (Lipinski definition) is 8. The normalized spacial score (nSPS) is 17.8. The third-order valence-corrected chi connectivity index (χ3v) is 6.32. The van der Waals surface area contributed by atoms with Crippen LogP contribution in [0.2, 0.25) is 0 Å². The van der Waals surface area contributed by atoms with Gasteiger partial charge in [-0.3, -0.25) is 9.48 Å². The van der Waals surface area contributed by atoms with Crippen LogP contribution in [0.15, 0.2) is 42.9 Å². The number of pyridine rings is 2. The summed E-state index contributed by atoms with van der Waals surface area (Å²) in [7, 11) is 1.40.